The molecule has 20 heavy (non-hydrogen) atoms. The maximum absolute atomic E-state index is 12.5. The third-order valence-corrected chi connectivity index (χ3v) is 3.34. The number of hydrogen-bond donors (Lipinski definition) is 1. The molecule has 1 N–H and O–H groups in total. The number of carbonyl (C=O) groups is 2. The molecule has 0 radical (unpaired) electrons. The Kier molecular flexibility index (Phi) is 4.27. The predicted molar refractivity (Wildman–Crippen MR) is 76.8 cm³/mol. The maximum atomic E-state index is 12.5. The summed E-state index contributed by atoms with van der Waals surface area (Å²) in [5, 5.41) is 2.78. The number of rotatable bonds is 4. The molecule has 1 fully saturated rings. The first-order chi connectivity index (χ1) is 9.52. The Labute approximate surface area is 118 Å². The van der Waals surface area contributed by atoms with E-state index in [1.165, 1.54) is 4.90 Å². The lowest BCUT2D eigenvalue weighted by atomic mass is 9.94. The van der Waals surface area contributed by atoms with Gasteiger partial charge in [-0.1, -0.05) is 19.9 Å². The number of carbonyl (C=O) groups excluding carboxylic acids is 2. The Morgan fingerprint density at radius 2 is 2.15 bits per heavy atom. The van der Waals surface area contributed by atoms with E-state index >= 15 is 0 Å². The van der Waals surface area contributed by atoms with Gasteiger partial charge in [-0.3, -0.25) is 4.79 Å². The standard InChI is InChI=1S/C15H20N2O3/c1-10(2)7-11-9-16-15(19)17(14(11)18)12-5-4-6-13(8-12)20-3/h4-6,8,10-11H,7,9H2,1-3H3,(H,16,19). The summed E-state index contributed by atoms with van der Waals surface area (Å²) in [7, 11) is 1.55. The highest BCUT2D eigenvalue weighted by atomic mass is 16.5. The topological polar surface area (TPSA) is 58.6 Å². The molecule has 1 aromatic carbocycles. The second-order valence-electron chi connectivity index (χ2n) is 5.39. The smallest absolute Gasteiger partial charge is 0.328 e. The molecular weight excluding hydrogens is 256 g/mol. The summed E-state index contributed by atoms with van der Waals surface area (Å²) < 4.78 is 5.14. The van der Waals surface area contributed by atoms with E-state index in [2.05, 4.69) is 19.2 Å². The van der Waals surface area contributed by atoms with Gasteiger partial charge in [0.05, 0.1) is 18.7 Å². The SMILES string of the molecule is COc1cccc(N2C(=O)NCC(CC(C)C)C2=O)c1. The number of imide groups is 1. The van der Waals surface area contributed by atoms with Gasteiger partial charge in [0.2, 0.25) is 5.91 Å². The van der Waals surface area contributed by atoms with E-state index in [0.29, 0.717) is 23.9 Å². The maximum Gasteiger partial charge on any atom is 0.328 e. The van der Waals surface area contributed by atoms with Crippen molar-refractivity contribution in [1.82, 2.24) is 5.32 Å². The first-order valence-electron chi connectivity index (χ1n) is 6.78. The van der Waals surface area contributed by atoms with Crippen LogP contribution in [0.3, 0.4) is 0 Å². The highest BCUT2D eigenvalue weighted by molar-refractivity contribution is 6.16. The molecule has 5 heteroatoms. The summed E-state index contributed by atoms with van der Waals surface area (Å²) >= 11 is 0. The van der Waals surface area contributed by atoms with Crippen molar-refractivity contribution in [3.05, 3.63) is 24.3 Å². The molecule has 1 saturated heterocycles. The molecule has 108 valence electrons. The van der Waals surface area contributed by atoms with Crippen LogP contribution in [-0.2, 0) is 4.79 Å². The molecule has 0 aromatic heterocycles. The summed E-state index contributed by atoms with van der Waals surface area (Å²) in [6.45, 7) is 4.55. The summed E-state index contributed by atoms with van der Waals surface area (Å²) in [5.74, 6) is 0.717. The lowest BCUT2D eigenvalue weighted by Gasteiger charge is -2.32. The predicted octanol–water partition coefficient (Wildman–Crippen LogP) is 2.41. The van der Waals surface area contributed by atoms with E-state index in [-0.39, 0.29) is 17.9 Å². The van der Waals surface area contributed by atoms with Crippen LogP contribution >= 0.6 is 0 Å². The minimum atomic E-state index is -0.372. The van der Waals surface area contributed by atoms with Crippen LogP contribution < -0.4 is 15.0 Å². The van der Waals surface area contributed by atoms with E-state index in [1.807, 2.05) is 0 Å². The van der Waals surface area contributed by atoms with Gasteiger partial charge in [0, 0.05) is 12.6 Å². The first-order valence-corrected chi connectivity index (χ1v) is 6.78. The minimum Gasteiger partial charge on any atom is -0.497 e. The third kappa shape index (κ3) is 2.92. The van der Waals surface area contributed by atoms with Gasteiger partial charge >= 0.3 is 6.03 Å². The largest absolute Gasteiger partial charge is 0.497 e. The molecule has 1 atom stereocenters. The number of nitrogens with zero attached hydrogens (tertiary/aromatic N) is 1. The van der Waals surface area contributed by atoms with Crippen LogP contribution in [0.4, 0.5) is 10.5 Å². The number of hydrogen-bond acceptors (Lipinski definition) is 3. The Bertz CT molecular complexity index is 514. The van der Waals surface area contributed by atoms with E-state index < -0.39 is 0 Å². The van der Waals surface area contributed by atoms with Crippen molar-refractivity contribution >= 4 is 17.6 Å². The quantitative estimate of drug-likeness (QED) is 0.918. The molecule has 0 aliphatic carbocycles. The fourth-order valence-electron chi connectivity index (χ4n) is 2.41. The molecule has 1 aliphatic rings. The Morgan fingerprint density at radius 3 is 2.80 bits per heavy atom. The fraction of sp³-hybridized carbons (Fsp3) is 0.467. The Balaban J connectivity index is 2.27. The molecule has 0 bridgehead atoms. The number of anilines is 1. The molecule has 0 saturated carbocycles. The van der Waals surface area contributed by atoms with E-state index in [1.54, 1.807) is 31.4 Å². The summed E-state index contributed by atoms with van der Waals surface area (Å²) in [5.41, 5.74) is 0.542. The average molecular weight is 276 g/mol. The van der Waals surface area contributed by atoms with Crippen LogP contribution in [0, 0.1) is 11.8 Å². The zero-order valence-corrected chi connectivity index (χ0v) is 12.1. The molecule has 0 spiro atoms. The van der Waals surface area contributed by atoms with Gasteiger partial charge in [0.1, 0.15) is 5.75 Å². The van der Waals surface area contributed by atoms with Crippen molar-refractivity contribution in [2.24, 2.45) is 11.8 Å². The number of amides is 3. The van der Waals surface area contributed by atoms with Crippen molar-refractivity contribution in [2.45, 2.75) is 20.3 Å². The monoisotopic (exact) mass is 276 g/mol. The van der Waals surface area contributed by atoms with Crippen LogP contribution in [0.1, 0.15) is 20.3 Å². The van der Waals surface area contributed by atoms with E-state index in [0.717, 1.165) is 6.42 Å². The van der Waals surface area contributed by atoms with Crippen molar-refractivity contribution in [3.8, 4) is 5.75 Å². The summed E-state index contributed by atoms with van der Waals surface area (Å²) in [4.78, 5) is 25.7. The normalized spacial score (nSPS) is 19.2. The lowest BCUT2D eigenvalue weighted by Crippen LogP contribution is -2.55. The van der Waals surface area contributed by atoms with Crippen molar-refractivity contribution in [2.75, 3.05) is 18.6 Å². The van der Waals surface area contributed by atoms with Crippen LogP contribution in [0.25, 0.3) is 0 Å². The van der Waals surface area contributed by atoms with Gasteiger partial charge in [-0.05, 0) is 24.5 Å². The van der Waals surface area contributed by atoms with E-state index in [9.17, 15) is 9.59 Å². The van der Waals surface area contributed by atoms with Crippen LogP contribution in [-0.4, -0.2) is 25.6 Å². The molecular formula is C15H20N2O3. The average Bonchev–Trinajstić information content (AvgIpc) is 2.42. The fourth-order valence-corrected chi connectivity index (χ4v) is 2.41. The van der Waals surface area contributed by atoms with Crippen LogP contribution in [0.2, 0.25) is 0 Å². The van der Waals surface area contributed by atoms with Gasteiger partial charge in [-0.2, -0.15) is 0 Å². The molecule has 5 nitrogen and oxygen atoms in total. The number of benzene rings is 1. The van der Waals surface area contributed by atoms with Crippen molar-refractivity contribution < 1.29 is 14.3 Å². The second kappa shape index (κ2) is 5.94. The third-order valence-electron chi connectivity index (χ3n) is 3.34. The lowest BCUT2D eigenvalue weighted by molar-refractivity contribution is -0.122. The number of urea groups is 1. The molecule has 1 unspecified atom stereocenters. The Morgan fingerprint density at radius 1 is 1.40 bits per heavy atom. The first kappa shape index (κ1) is 14.4. The van der Waals surface area contributed by atoms with Crippen LogP contribution in [0.5, 0.6) is 5.75 Å². The summed E-state index contributed by atoms with van der Waals surface area (Å²) in [6.07, 6.45) is 0.763. The zero-order chi connectivity index (χ0) is 14.7. The highest BCUT2D eigenvalue weighted by Crippen LogP contribution is 2.26. The number of nitrogens with one attached hydrogen (secondary N) is 1. The van der Waals surface area contributed by atoms with Crippen molar-refractivity contribution in [3.63, 3.8) is 0 Å². The second-order valence-corrected chi connectivity index (χ2v) is 5.39. The number of methoxy groups -OCH3 is 1. The Hall–Kier alpha value is -2.04. The molecule has 3 amide bonds. The molecule has 1 aliphatic heterocycles. The van der Waals surface area contributed by atoms with Gasteiger partial charge in [-0.15, -0.1) is 0 Å². The van der Waals surface area contributed by atoms with Crippen molar-refractivity contribution in [1.29, 1.82) is 0 Å². The van der Waals surface area contributed by atoms with Crippen LogP contribution in [0.15, 0.2) is 24.3 Å². The highest BCUT2D eigenvalue weighted by Gasteiger charge is 2.35. The van der Waals surface area contributed by atoms with Gasteiger partial charge in [-0.25, -0.2) is 9.69 Å². The zero-order valence-electron chi connectivity index (χ0n) is 12.1. The number of ether oxygens (including phenoxy) is 1. The molecule has 1 heterocycles. The summed E-state index contributed by atoms with van der Waals surface area (Å²) in [6, 6.07) is 6.60. The van der Waals surface area contributed by atoms with E-state index in [4.69, 9.17) is 4.74 Å². The molecule has 1 aromatic rings. The molecule has 2 rings (SSSR count). The van der Waals surface area contributed by atoms with Gasteiger partial charge < -0.3 is 10.1 Å². The van der Waals surface area contributed by atoms with Gasteiger partial charge in [0.15, 0.2) is 0 Å². The minimum absolute atomic E-state index is 0.143. The van der Waals surface area contributed by atoms with Gasteiger partial charge in [0.25, 0.3) is 0 Å².